The van der Waals surface area contributed by atoms with Crippen LogP contribution in [0.25, 0.3) is 0 Å². The van der Waals surface area contributed by atoms with Gasteiger partial charge in [0.1, 0.15) is 0 Å². The molecule has 0 saturated carbocycles. The molecule has 0 heterocycles. The van der Waals surface area contributed by atoms with Crippen molar-refractivity contribution in [1.82, 2.24) is 0 Å². The molecule has 0 fully saturated rings. The van der Waals surface area contributed by atoms with E-state index in [1.807, 2.05) is 39.3 Å². The van der Waals surface area contributed by atoms with Gasteiger partial charge in [-0.2, -0.15) is 0 Å². The zero-order chi connectivity index (χ0) is 18.4. The maximum absolute atomic E-state index is 6.42. The van der Waals surface area contributed by atoms with Crippen LogP contribution in [0.1, 0.15) is 6.42 Å². The summed E-state index contributed by atoms with van der Waals surface area (Å²) in [7, 11) is -5.23. The SMILES string of the molecule is CO[Si](C)(C)O[Si](CCCN)(O[Si](C)(C)OC)O[Si](C)(C)OC. The van der Waals surface area contributed by atoms with E-state index in [0.29, 0.717) is 12.6 Å². The summed E-state index contributed by atoms with van der Waals surface area (Å²) in [6, 6.07) is 0.628. The van der Waals surface area contributed by atoms with E-state index in [0.717, 1.165) is 6.42 Å². The van der Waals surface area contributed by atoms with Crippen LogP contribution >= 0.6 is 0 Å². The van der Waals surface area contributed by atoms with Crippen LogP contribution < -0.4 is 5.73 Å². The van der Waals surface area contributed by atoms with Gasteiger partial charge in [0.25, 0.3) is 0 Å². The first-order chi connectivity index (χ1) is 10.4. The fraction of sp³-hybridized carbons (Fsp3) is 1.00. The Hall–Kier alpha value is 0.588. The van der Waals surface area contributed by atoms with E-state index in [-0.39, 0.29) is 0 Å². The molecule has 23 heavy (non-hydrogen) atoms. The molecule has 0 aliphatic heterocycles. The predicted octanol–water partition coefficient (Wildman–Crippen LogP) is 2.37. The lowest BCUT2D eigenvalue weighted by Gasteiger charge is -2.42. The van der Waals surface area contributed by atoms with Crippen LogP contribution in [0.4, 0.5) is 0 Å². The third-order valence-corrected chi connectivity index (χ3v) is 16.9. The van der Waals surface area contributed by atoms with Crippen LogP contribution in [0.2, 0.25) is 45.3 Å². The van der Waals surface area contributed by atoms with Gasteiger partial charge in [0, 0.05) is 27.4 Å². The number of nitrogens with two attached hydrogens (primary N) is 1. The minimum Gasteiger partial charge on any atom is -0.398 e. The monoisotopic (exact) mass is 401 g/mol. The highest BCUT2D eigenvalue weighted by atomic mass is 28.5. The van der Waals surface area contributed by atoms with Crippen molar-refractivity contribution in [2.24, 2.45) is 5.73 Å². The Morgan fingerprint density at radius 1 is 0.652 bits per heavy atom. The molecule has 0 saturated heterocycles. The summed E-state index contributed by atoms with van der Waals surface area (Å²) >= 11 is 0. The number of hydrogen-bond acceptors (Lipinski definition) is 7. The standard InChI is InChI=1S/C12H35NO6Si4/c1-14-20(4,5)17-23(12-10-11-13,18-21(6,7)15-2)19-22(8,9)16-3/h10-13H2,1-9H3. The number of hydrogen-bond donors (Lipinski definition) is 1. The summed E-state index contributed by atoms with van der Waals surface area (Å²) in [4.78, 5) is 0. The summed E-state index contributed by atoms with van der Waals surface area (Å²) in [5, 5.41) is 0. The maximum Gasteiger partial charge on any atom is 0.474 e. The van der Waals surface area contributed by atoms with E-state index in [1.165, 1.54) is 0 Å². The van der Waals surface area contributed by atoms with Crippen molar-refractivity contribution >= 4 is 34.5 Å². The molecule has 0 rings (SSSR count). The van der Waals surface area contributed by atoms with E-state index >= 15 is 0 Å². The Bertz CT molecular complexity index is 311. The Morgan fingerprint density at radius 2 is 0.957 bits per heavy atom. The molecule has 0 aromatic heterocycles. The molecule has 0 radical (unpaired) electrons. The molecule has 0 atom stereocenters. The largest absolute Gasteiger partial charge is 0.474 e. The summed E-state index contributed by atoms with van der Waals surface area (Å²) in [6.45, 7) is 12.4. The minimum absolute atomic E-state index is 0.545. The second-order valence-electron chi connectivity index (χ2n) is 6.69. The van der Waals surface area contributed by atoms with Crippen LogP contribution in [0.15, 0.2) is 0 Å². The lowest BCUT2D eigenvalue weighted by atomic mass is 10.5. The maximum atomic E-state index is 6.42. The smallest absolute Gasteiger partial charge is 0.398 e. The van der Waals surface area contributed by atoms with Crippen molar-refractivity contribution in [1.29, 1.82) is 0 Å². The Balaban J connectivity index is 5.69. The molecule has 140 valence electrons. The molecule has 11 heteroatoms. The quantitative estimate of drug-likeness (QED) is 0.503. The fourth-order valence-corrected chi connectivity index (χ4v) is 15.3. The first kappa shape index (κ1) is 23.6. The molecular weight excluding hydrogens is 366 g/mol. The molecule has 0 bridgehead atoms. The topological polar surface area (TPSA) is 81.4 Å². The molecule has 0 aliphatic rings. The fourth-order valence-electron chi connectivity index (χ4n) is 1.78. The van der Waals surface area contributed by atoms with Gasteiger partial charge in [-0.05, 0) is 52.2 Å². The Morgan fingerprint density at radius 3 is 1.17 bits per heavy atom. The van der Waals surface area contributed by atoms with Gasteiger partial charge in [0.2, 0.25) is 0 Å². The van der Waals surface area contributed by atoms with Crippen LogP contribution in [0, 0.1) is 0 Å². The molecule has 0 spiro atoms. The van der Waals surface area contributed by atoms with Gasteiger partial charge in [0.05, 0.1) is 0 Å². The van der Waals surface area contributed by atoms with Gasteiger partial charge >= 0.3 is 34.5 Å². The lowest BCUT2D eigenvalue weighted by molar-refractivity contribution is 0.161. The van der Waals surface area contributed by atoms with Crippen LogP contribution in [-0.4, -0.2) is 62.4 Å². The van der Waals surface area contributed by atoms with Gasteiger partial charge in [-0.25, -0.2) is 0 Å². The summed E-state index contributed by atoms with van der Waals surface area (Å²) in [5.41, 5.74) is 5.72. The van der Waals surface area contributed by atoms with Gasteiger partial charge in [0.15, 0.2) is 0 Å². The Kier molecular flexibility index (Phi) is 9.57. The molecule has 0 aromatic carbocycles. The normalized spacial score (nSPS) is 14.3. The third-order valence-electron chi connectivity index (χ3n) is 3.37. The van der Waals surface area contributed by atoms with Crippen LogP contribution in [0.3, 0.4) is 0 Å². The summed E-state index contributed by atoms with van der Waals surface area (Å²) < 4.78 is 36.0. The third kappa shape index (κ3) is 9.02. The van der Waals surface area contributed by atoms with Crippen LogP contribution in [0.5, 0.6) is 0 Å². The zero-order valence-corrected chi connectivity index (χ0v) is 20.1. The van der Waals surface area contributed by atoms with Crippen molar-refractivity contribution in [3.05, 3.63) is 0 Å². The predicted molar refractivity (Wildman–Crippen MR) is 101 cm³/mol. The van der Waals surface area contributed by atoms with E-state index in [1.54, 1.807) is 21.3 Å². The van der Waals surface area contributed by atoms with E-state index in [4.69, 9.17) is 31.4 Å². The van der Waals surface area contributed by atoms with Gasteiger partial charge in [-0.3, -0.25) is 0 Å². The summed E-state index contributed by atoms with van der Waals surface area (Å²) in [5.74, 6) is 0. The molecule has 0 aliphatic carbocycles. The zero-order valence-electron chi connectivity index (χ0n) is 16.1. The van der Waals surface area contributed by atoms with Crippen molar-refractivity contribution in [3.8, 4) is 0 Å². The molecule has 0 unspecified atom stereocenters. The van der Waals surface area contributed by atoms with E-state index in [2.05, 4.69) is 0 Å². The Labute approximate surface area is 145 Å². The molecule has 2 N–H and O–H groups in total. The van der Waals surface area contributed by atoms with Crippen molar-refractivity contribution in [2.45, 2.75) is 51.7 Å². The summed E-state index contributed by atoms with van der Waals surface area (Å²) in [6.07, 6.45) is 0.753. The van der Waals surface area contributed by atoms with Crippen molar-refractivity contribution in [2.75, 3.05) is 27.9 Å². The van der Waals surface area contributed by atoms with E-state index in [9.17, 15) is 0 Å². The van der Waals surface area contributed by atoms with Crippen molar-refractivity contribution < 1.29 is 25.6 Å². The van der Waals surface area contributed by atoms with Crippen LogP contribution in [-0.2, 0) is 25.6 Å². The van der Waals surface area contributed by atoms with Gasteiger partial charge in [-0.1, -0.05) is 0 Å². The minimum atomic E-state index is -3.06. The highest BCUT2D eigenvalue weighted by Gasteiger charge is 2.53. The number of rotatable bonds is 12. The lowest BCUT2D eigenvalue weighted by Crippen LogP contribution is -2.63. The second kappa shape index (κ2) is 9.33. The average Bonchev–Trinajstić information content (AvgIpc) is 2.43. The van der Waals surface area contributed by atoms with Gasteiger partial charge < -0.3 is 31.4 Å². The first-order valence-corrected chi connectivity index (χ1v) is 18.2. The molecular formula is C12H35NO6Si4. The molecule has 7 nitrogen and oxygen atoms in total. The average molecular weight is 402 g/mol. The first-order valence-electron chi connectivity index (χ1n) is 7.82. The molecule has 0 amide bonds. The van der Waals surface area contributed by atoms with Gasteiger partial charge in [-0.15, -0.1) is 0 Å². The highest BCUT2D eigenvalue weighted by molar-refractivity contribution is 6.87. The highest BCUT2D eigenvalue weighted by Crippen LogP contribution is 2.30. The van der Waals surface area contributed by atoms with E-state index < -0.39 is 34.5 Å². The molecule has 0 aromatic rings. The second-order valence-corrected chi connectivity index (χ2v) is 20.6. The van der Waals surface area contributed by atoms with Crippen molar-refractivity contribution in [3.63, 3.8) is 0 Å².